The summed E-state index contributed by atoms with van der Waals surface area (Å²) >= 11 is 1.52. The van der Waals surface area contributed by atoms with Crippen LogP contribution in [0, 0.1) is 11.8 Å². The zero-order valence-electron chi connectivity index (χ0n) is 19.7. The Morgan fingerprint density at radius 3 is 2.43 bits per heavy atom. The molecular formula is C24H39NO9S. The van der Waals surface area contributed by atoms with Gasteiger partial charge in [-0.25, -0.2) is 0 Å². The summed E-state index contributed by atoms with van der Waals surface area (Å²) in [5, 5.41) is 67.9. The molecule has 1 aromatic rings. The van der Waals surface area contributed by atoms with E-state index in [-0.39, 0.29) is 24.9 Å². The first-order valence-corrected chi connectivity index (χ1v) is 12.5. The molecular weight excluding hydrogens is 478 g/mol. The van der Waals surface area contributed by atoms with Gasteiger partial charge in [-0.3, -0.25) is 4.79 Å². The molecule has 1 fully saturated rings. The zero-order chi connectivity index (χ0) is 26.3. The maximum atomic E-state index is 10.5. The molecule has 11 heteroatoms. The third-order valence-electron chi connectivity index (χ3n) is 5.67. The van der Waals surface area contributed by atoms with Gasteiger partial charge in [0.15, 0.2) is 0 Å². The summed E-state index contributed by atoms with van der Waals surface area (Å²) in [6, 6.07) is 1.83. The second-order valence-electron chi connectivity index (χ2n) is 8.66. The minimum absolute atomic E-state index is 0.128. The van der Waals surface area contributed by atoms with Crippen LogP contribution in [0.2, 0.25) is 0 Å². The first-order chi connectivity index (χ1) is 16.7. The van der Waals surface area contributed by atoms with Crippen LogP contribution >= 0.6 is 11.3 Å². The normalized spacial score (nSPS) is 23.4. The lowest BCUT2D eigenvalue weighted by Crippen LogP contribution is -2.50. The van der Waals surface area contributed by atoms with Crippen LogP contribution in [0.15, 0.2) is 41.1 Å². The topological polar surface area (TPSA) is 194 Å². The molecule has 0 bridgehead atoms. The van der Waals surface area contributed by atoms with Crippen LogP contribution in [0.4, 0.5) is 0 Å². The molecule has 0 radical (unpaired) electrons. The summed E-state index contributed by atoms with van der Waals surface area (Å²) in [7, 11) is 0. The second kappa shape index (κ2) is 16.8. The van der Waals surface area contributed by atoms with Crippen LogP contribution in [0.5, 0.6) is 5.75 Å². The van der Waals surface area contributed by atoms with Gasteiger partial charge in [-0.15, -0.1) is 11.3 Å². The number of unbranched alkanes of at least 4 members (excludes halogenated alkanes) is 1. The van der Waals surface area contributed by atoms with E-state index in [0.717, 1.165) is 5.75 Å². The summed E-state index contributed by atoms with van der Waals surface area (Å²) < 4.78 is 5.46. The number of aliphatic hydroxyl groups excluding tert-OH is 6. The third kappa shape index (κ3) is 12.1. The maximum Gasteiger partial charge on any atom is 0.303 e. The van der Waals surface area contributed by atoms with Crippen molar-refractivity contribution in [3.8, 4) is 5.75 Å². The van der Waals surface area contributed by atoms with Crippen molar-refractivity contribution in [3.05, 3.63) is 41.1 Å². The van der Waals surface area contributed by atoms with E-state index < -0.39 is 49.6 Å². The van der Waals surface area contributed by atoms with Crippen molar-refractivity contribution in [2.24, 2.45) is 17.6 Å². The predicted octanol–water partition coefficient (Wildman–Crippen LogP) is 0.264. The van der Waals surface area contributed by atoms with Gasteiger partial charge in [-0.1, -0.05) is 24.3 Å². The van der Waals surface area contributed by atoms with Crippen molar-refractivity contribution >= 4 is 17.3 Å². The van der Waals surface area contributed by atoms with E-state index in [9.17, 15) is 20.1 Å². The lowest BCUT2D eigenvalue weighted by molar-refractivity contribution is -0.137. The lowest BCUT2D eigenvalue weighted by atomic mass is 9.89. The molecule has 200 valence electrons. The number of aliphatic carboxylic acids is 1. The number of rotatable bonds is 14. The van der Waals surface area contributed by atoms with E-state index in [4.69, 9.17) is 30.9 Å². The highest BCUT2D eigenvalue weighted by Crippen LogP contribution is 2.36. The van der Waals surface area contributed by atoms with Crippen molar-refractivity contribution in [1.82, 2.24) is 0 Å². The van der Waals surface area contributed by atoms with Gasteiger partial charge in [-0.05, 0) is 36.6 Å². The molecule has 2 rings (SSSR count). The van der Waals surface area contributed by atoms with E-state index in [1.807, 2.05) is 29.0 Å². The molecule has 5 unspecified atom stereocenters. The zero-order valence-corrected chi connectivity index (χ0v) is 20.5. The largest absolute Gasteiger partial charge is 0.490 e. The Labute approximate surface area is 209 Å². The molecule has 35 heavy (non-hydrogen) atoms. The number of ether oxygens (including phenoxy) is 1. The van der Waals surface area contributed by atoms with Crippen molar-refractivity contribution in [1.29, 1.82) is 0 Å². The monoisotopic (exact) mass is 517 g/mol. The molecule has 1 aromatic heterocycles. The Kier molecular flexibility index (Phi) is 15.0. The second-order valence-corrected chi connectivity index (χ2v) is 9.44. The fraction of sp³-hybridized carbons (Fsp3) is 0.625. The van der Waals surface area contributed by atoms with E-state index in [2.05, 4.69) is 0 Å². The maximum absolute atomic E-state index is 10.5. The number of thiophene rings is 1. The summed E-state index contributed by atoms with van der Waals surface area (Å²) in [5.74, 6) is -0.449. The number of nitrogens with two attached hydrogens (primary N) is 1. The molecule has 1 heterocycles. The molecule has 5 atom stereocenters. The molecule has 10 nitrogen and oxygen atoms in total. The van der Waals surface area contributed by atoms with Gasteiger partial charge in [-0.2, -0.15) is 0 Å². The molecule has 0 saturated heterocycles. The number of carboxylic acids is 1. The van der Waals surface area contributed by atoms with Gasteiger partial charge < -0.3 is 46.2 Å². The lowest BCUT2D eigenvalue weighted by Gasteiger charge is -2.20. The van der Waals surface area contributed by atoms with Crippen LogP contribution in [-0.4, -0.2) is 92.0 Å². The van der Waals surface area contributed by atoms with Gasteiger partial charge in [0.2, 0.25) is 0 Å². The third-order valence-corrected chi connectivity index (χ3v) is 6.33. The highest BCUT2D eigenvalue weighted by molar-refractivity contribution is 7.08. The fourth-order valence-corrected chi connectivity index (χ4v) is 4.00. The molecule has 1 aliphatic rings. The summed E-state index contributed by atoms with van der Waals surface area (Å²) in [4.78, 5) is 10.5. The van der Waals surface area contributed by atoms with Gasteiger partial charge in [0.25, 0.3) is 0 Å². The quantitative estimate of drug-likeness (QED) is 0.125. The summed E-state index contributed by atoms with van der Waals surface area (Å²) in [6.45, 7) is -1.08. The summed E-state index contributed by atoms with van der Waals surface area (Å²) in [5.41, 5.74) is 3.94. The molecule has 0 aliphatic heterocycles. The van der Waals surface area contributed by atoms with Crippen LogP contribution in [0.3, 0.4) is 0 Å². The van der Waals surface area contributed by atoms with Crippen molar-refractivity contribution < 1.29 is 45.3 Å². The van der Waals surface area contributed by atoms with Crippen LogP contribution < -0.4 is 10.5 Å². The van der Waals surface area contributed by atoms with Crippen molar-refractivity contribution in [2.45, 2.75) is 56.0 Å². The standard InChI is InChI=1S/C20H28O6S.C4H11NO3/c21-14(12-26-15-9-10-27-13-15)7-8-17-16(18(22)11-19(17)23)5-3-1-2-4-6-20(24)25;5-4(1-6,2-7)3-8/h1,3,7-10,13-14,16-19,21-23H,2,4-6,11-12H2,(H,24,25);6-8H,1-3,5H2. The van der Waals surface area contributed by atoms with E-state index >= 15 is 0 Å². The predicted molar refractivity (Wildman–Crippen MR) is 132 cm³/mol. The Morgan fingerprint density at radius 1 is 1.20 bits per heavy atom. The highest BCUT2D eigenvalue weighted by atomic mass is 32.1. The molecule has 0 aromatic carbocycles. The number of aliphatic hydroxyl groups is 6. The van der Waals surface area contributed by atoms with Crippen molar-refractivity contribution in [3.63, 3.8) is 0 Å². The van der Waals surface area contributed by atoms with Gasteiger partial charge in [0, 0.05) is 24.1 Å². The number of hydrogen-bond acceptors (Lipinski definition) is 10. The van der Waals surface area contributed by atoms with Gasteiger partial charge >= 0.3 is 5.97 Å². The van der Waals surface area contributed by atoms with Crippen LogP contribution in [0.25, 0.3) is 0 Å². The first kappa shape index (κ1) is 31.2. The van der Waals surface area contributed by atoms with Gasteiger partial charge in [0.1, 0.15) is 18.5 Å². The average molecular weight is 518 g/mol. The van der Waals surface area contributed by atoms with E-state index in [1.165, 1.54) is 11.3 Å². The highest BCUT2D eigenvalue weighted by Gasteiger charge is 2.39. The summed E-state index contributed by atoms with van der Waals surface area (Å²) in [6.07, 6.45) is 7.52. The van der Waals surface area contributed by atoms with Gasteiger partial charge in [0.05, 0.1) is 37.6 Å². The SMILES string of the molecule is NC(CO)(CO)CO.O=C(O)CCCC=CCC1C(O)CC(O)C1C=CC(O)COc1ccsc1. The van der Waals surface area contributed by atoms with Crippen LogP contribution in [0.1, 0.15) is 32.1 Å². The fourth-order valence-electron chi connectivity index (χ4n) is 3.43. The van der Waals surface area contributed by atoms with E-state index in [0.29, 0.717) is 25.7 Å². The van der Waals surface area contributed by atoms with Crippen LogP contribution in [-0.2, 0) is 4.79 Å². The number of hydrogen-bond donors (Lipinski definition) is 8. The average Bonchev–Trinajstić information content (AvgIpc) is 3.45. The molecule has 1 aliphatic carbocycles. The Bertz CT molecular complexity index is 744. The first-order valence-electron chi connectivity index (χ1n) is 11.5. The molecule has 1 saturated carbocycles. The van der Waals surface area contributed by atoms with E-state index in [1.54, 1.807) is 12.2 Å². The number of carboxylic acid groups (broad SMARTS) is 1. The van der Waals surface area contributed by atoms with Crippen molar-refractivity contribution in [2.75, 3.05) is 26.4 Å². The molecule has 0 spiro atoms. The Morgan fingerprint density at radius 2 is 1.89 bits per heavy atom. The minimum atomic E-state index is -1.21. The molecule has 0 amide bonds. The Hall–Kier alpha value is -1.83. The minimum Gasteiger partial charge on any atom is -0.490 e. The smallest absolute Gasteiger partial charge is 0.303 e. The Balaban J connectivity index is 0.000000658. The molecule has 9 N–H and O–H groups in total. The number of carbonyl (C=O) groups is 1. The number of allylic oxidation sites excluding steroid dienone is 2.